The number of carbonyl (C=O) groups is 1. The number of alkyl halides is 3. The molecule has 4 aromatic rings. The molecule has 1 saturated heterocycles. The summed E-state index contributed by atoms with van der Waals surface area (Å²) < 4.78 is 77.1. The topological polar surface area (TPSA) is 103 Å². The molecule has 0 radical (unpaired) electrons. The minimum atomic E-state index is -4.81. The maximum atomic E-state index is 13.4. The zero-order chi connectivity index (χ0) is 32.5. The van der Waals surface area contributed by atoms with Crippen molar-refractivity contribution < 1.29 is 35.9 Å². The summed E-state index contributed by atoms with van der Waals surface area (Å²) in [7, 11) is -2.23. The van der Waals surface area contributed by atoms with Crippen LogP contribution in [0.5, 0.6) is 11.5 Å². The minimum Gasteiger partial charge on any atom is -0.490 e. The molecule has 0 bridgehead atoms. The summed E-state index contributed by atoms with van der Waals surface area (Å²) in [5, 5.41) is 7.05. The van der Waals surface area contributed by atoms with E-state index in [1.54, 1.807) is 50.4 Å². The molecular formula is C31H30ClF3N4O5S. The maximum absolute atomic E-state index is 13.4. The lowest BCUT2D eigenvalue weighted by atomic mass is 9.94. The lowest BCUT2D eigenvalue weighted by molar-refractivity contribution is -0.274. The largest absolute Gasteiger partial charge is 0.573 e. The standard InChI is InChI=1S/C31H30ClF3N4O5S/c1-19-6-4-9-26(27(19)21-10-12-24(13-11-21)44-31(33,34)35)30(40)36-22-7-5-8-25(18-22)43-23-14-16-39(17-15-23)45(41,42)28-20(2)37-38(3)29(28)32/h4-13,18,23H,14-17H2,1-3H3,(H,36,40). The van der Waals surface area contributed by atoms with Gasteiger partial charge in [0.05, 0.1) is 5.69 Å². The van der Waals surface area contributed by atoms with Crippen LogP contribution in [-0.4, -0.2) is 54.0 Å². The predicted molar refractivity (Wildman–Crippen MR) is 163 cm³/mol. The Morgan fingerprint density at radius 3 is 2.29 bits per heavy atom. The van der Waals surface area contributed by atoms with Gasteiger partial charge in [0.2, 0.25) is 10.0 Å². The number of halogens is 4. The number of aromatic nitrogens is 2. The molecule has 1 aromatic heterocycles. The van der Waals surface area contributed by atoms with Crippen LogP contribution < -0.4 is 14.8 Å². The van der Waals surface area contributed by atoms with Gasteiger partial charge in [-0.25, -0.2) is 8.42 Å². The summed E-state index contributed by atoms with van der Waals surface area (Å²) >= 11 is 6.22. The SMILES string of the molecule is Cc1cccc(C(=O)Nc2cccc(OC3CCN(S(=O)(=O)c4c(C)nn(C)c4Cl)CC3)c2)c1-c1ccc(OC(F)(F)F)cc1. The van der Waals surface area contributed by atoms with Crippen molar-refractivity contribution in [3.8, 4) is 22.6 Å². The number of piperidine rings is 1. The molecule has 2 heterocycles. The normalized spacial score (nSPS) is 14.7. The molecule has 3 aromatic carbocycles. The van der Waals surface area contributed by atoms with Crippen LogP contribution in [0.4, 0.5) is 18.9 Å². The Balaban J connectivity index is 1.25. The summed E-state index contributed by atoms with van der Waals surface area (Å²) in [6.07, 6.45) is -4.15. The van der Waals surface area contributed by atoms with E-state index in [2.05, 4.69) is 15.2 Å². The highest BCUT2D eigenvalue weighted by molar-refractivity contribution is 7.89. The average molecular weight is 663 g/mol. The molecule has 1 aliphatic heterocycles. The van der Waals surface area contributed by atoms with Gasteiger partial charge in [0.1, 0.15) is 27.7 Å². The molecule has 0 spiro atoms. The first-order valence-corrected chi connectivity index (χ1v) is 15.8. The second-order valence-electron chi connectivity index (χ2n) is 10.6. The van der Waals surface area contributed by atoms with Crippen molar-refractivity contribution in [2.24, 2.45) is 7.05 Å². The number of rotatable bonds is 8. The average Bonchev–Trinajstić information content (AvgIpc) is 3.24. The number of anilines is 1. The zero-order valence-electron chi connectivity index (χ0n) is 24.6. The van der Waals surface area contributed by atoms with Gasteiger partial charge in [0.15, 0.2) is 0 Å². The second kappa shape index (κ2) is 12.7. The summed E-state index contributed by atoms with van der Waals surface area (Å²) in [6, 6.07) is 17.4. The molecule has 9 nitrogen and oxygen atoms in total. The number of nitrogens with zero attached hydrogens (tertiary/aromatic N) is 3. The Labute approximate surface area is 263 Å². The van der Waals surface area contributed by atoms with Crippen LogP contribution in [0.3, 0.4) is 0 Å². The van der Waals surface area contributed by atoms with Gasteiger partial charge in [-0.3, -0.25) is 9.48 Å². The van der Waals surface area contributed by atoms with Crippen LogP contribution in [0, 0.1) is 13.8 Å². The number of nitrogens with one attached hydrogen (secondary N) is 1. The molecule has 0 unspecified atom stereocenters. The van der Waals surface area contributed by atoms with Gasteiger partial charge in [0.25, 0.3) is 5.91 Å². The Morgan fingerprint density at radius 1 is 1.00 bits per heavy atom. The van der Waals surface area contributed by atoms with E-state index in [1.807, 2.05) is 13.0 Å². The number of benzene rings is 3. The van der Waals surface area contributed by atoms with E-state index in [1.165, 1.54) is 33.3 Å². The molecule has 1 aliphatic rings. The molecular weight excluding hydrogens is 633 g/mol. The number of ether oxygens (including phenoxy) is 2. The molecule has 0 atom stereocenters. The summed E-state index contributed by atoms with van der Waals surface area (Å²) in [6.45, 7) is 3.90. The van der Waals surface area contributed by atoms with E-state index in [0.717, 1.165) is 5.56 Å². The van der Waals surface area contributed by atoms with Gasteiger partial charge in [0, 0.05) is 37.5 Å². The van der Waals surface area contributed by atoms with Crippen LogP contribution in [-0.2, 0) is 17.1 Å². The first kappa shape index (κ1) is 32.3. The summed E-state index contributed by atoms with van der Waals surface area (Å²) in [5.74, 6) is -0.266. The first-order chi connectivity index (χ1) is 21.2. The molecule has 1 fully saturated rings. The molecule has 14 heteroatoms. The Kier molecular flexibility index (Phi) is 9.15. The van der Waals surface area contributed by atoms with Crippen molar-refractivity contribution in [2.45, 2.75) is 44.1 Å². The van der Waals surface area contributed by atoms with Crippen molar-refractivity contribution in [1.29, 1.82) is 0 Å². The first-order valence-electron chi connectivity index (χ1n) is 14.0. The molecule has 1 N–H and O–H groups in total. The lowest BCUT2D eigenvalue weighted by Gasteiger charge is -2.31. The molecule has 45 heavy (non-hydrogen) atoms. The van der Waals surface area contributed by atoms with Gasteiger partial charge >= 0.3 is 6.36 Å². The fourth-order valence-electron chi connectivity index (χ4n) is 5.32. The van der Waals surface area contributed by atoms with Gasteiger partial charge in [-0.2, -0.15) is 9.40 Å². The van der Waals surface area contributed by atoms with Crippen molar-refractivity contribution >= 4 is 33.2 Å². The Morgan fingerprint density at radius 2 is 1.67 bits per heavy atom. The summed E-state index contributed by atoms with van der Waals surface area (Å²) in [4.78, 5) is 13.4. The van der Waals surface area contributed by atoms with Gasteiger partial charge in [-0.15, -0.1) is 13.2 Å². The third-order valence-electron chi connectivity index (χ3n) is 7.39. The number of amides is 1. The molecule has 1 amide bonds. The van der Waals surface area contributed by atoms with Crippen LogP contribution >= 0.6 is 11.6 Å². The van der Waals surface area contributed by atoms with Crippen LogP contribution in [0.1, 0.15) is 34.5 Å². The number of carbonyl (C=O) groups excluding carboxylic acids is 1. The van der Waals surface area contributed by atoms with Crippen molar-refractivity contribution in [2.75, 3.05) is 18.4 Å². The van der Waals surface area contributed by atoms with Gasteiger partial charge < -0.3 is 14.8 Å². The monoisotopic (exact) mass is 662 g/mol. The lowest BCUT2D eigenvalue weighted by Crippen LogP contribution is -2.41. The highest BCUT2D eigenvalue weighted by atomic mass is 35.5. The van der Waals surface area contributed by atoms with E-state index in [4.69, 9.17) is 16.3 Å². The van der Waals surface area contributed by atoms with Crippen molar-refractivity contribution in [3.63, 3.8) is 0 Å². The molecule has 0 saturated carbocycles. The van der Waals surface area contributed by atoms with Crippen LogP contribution in [0.15, 0.2) is 71.6 Å². The van der Waals surface area contributed by atoms with E-state index >= 15 is 0 Å². The maximum Gasteiger partial charge on any atom is 0.573 e. The fourth-order valence-corrected chi connectivity index (χ4v) is 7.50. The van der Waals surface area contributed by atoms with E-state index < -0.39 is 22.3 Å². The van der Waals surface area contributed by atoms with Crippen LogP contribution in [0.2, 0.25) is 5.15 Å². The second-order valence-corrected chi connectivity index (χ2v) is 12.8. The number of aryl methyl sites for hydroxylation is 3. The number of hydrogen-bond donors (Lipinski definition) is 1. The van der Waals surface area contributed by atoms with E-state index in [-0.39, 0.29) is 35.0 Å². The predicted octanol–water partition coefficient (Wildman–Crippen LogP) is 6.74. The van der Waals surface area contributed by atoms with Gasteiger partial charge in [-0.1, -0.05) is 41.9 Å². The zero-order valence-corrected chi connectivity index (χ0v) is 26.1. The highest BCUT2D eigenvalue weighted by Crippen LogP contribution is 2.33. The Hall–Kier alpha value is -4.07. The number of hydrogen-bond acceptors (Lipinski definition) is 6. The van der Waals surface area contributed by atoms with Crippen molar-refractivity contribution in [3.05, 3.63) is 88.7 Å². The minimum absolute atomic E-state index is 0.0127. The highest BCUT2D eigenvalue weighted by Gasteiger charge is 2.35. The van der Waals surface area contributed by atoms with E-state index in [0.29, 0.717) is 46.7 Å². The smallest absolute Gasteiger partial charge is 0.490 e. The quantitative estimate of drug-likeness (QED) is 0.224. The van der Waals surface area contributed by atoms with Gasteiger partial charge in [-0.05, 0) is 73.7 Å². The molecule has 0 aliphatic carbocycles. The third kappa shape index (κ3) is 7.26. The Bertz CT molecular complexity index is 1820. The summed E-state index contributed by atoms with van der Waals surface area (Å²) in [5.41, 5.74) is 3.04. The van der Waals surface area contributed by atoms with Crippen molar-refractivity contribution in [1.82, 2.24) is 14.1 Å². The molecule has 5 rings (SSSR count). The van der Waals surface area contributed by atoms with Crippen LogP contribution in [0.25, 0.3) is 11.1 Å². The molecule has 238 valence electrons. The third-order valence-corrected chi connectivity index (χ3v) is 9.98. The number of sulfonamides is 1. The fraction of sp³-hybridized carbons (Fsp3) is 0.290. The van der Waals surface area contributed by atoms with E-state index in [9.17, 15) is 26.4 Å².